The average molecular weight is 268 g/mol. The van der Waals surface area contributed by atoms with Crippen LogP contribution in [-0.4, -0.2) is 17.0 Å². The van der Waals surface area contributed by atoms with Crippen LogP contribution in [0.15, 0.2) is 22.9 Å². The number of hydrazine groups is 1. The van der Waals surface area contributed by atoms with Gasteiger partial charge in [0.1, 0.15) is 10.8 Å². The van der Waals surface area contributed by atoms with Crippen molar-refractivity contribution in [1.82, 2.24) is 9.97 Å². The van der Waals surface area contributed by atoms with Crippen molar-refractivity contribution in [3.8, 4) is 0 Å². The molecule has 0 saturated carbocycles. The Hall–Kier alpha value is -1.79. The van der Waals surface area contributed by atoms with Crippen LogP contribution in [0.1, 0.15) is 11.3 Å². The molecule has 0 aliphatic rings. The maximum absolute atomic E-state index is 6.07. The Morgan fingerprint density at radius 3 is 2.94 bits per heavy atom. The van der Waals surface area contributed by atoms with E-state index in [0.717, 1.165) is 11.3 Å². The Balaban J connectivity index is 2.23. The van der Waals surface area contributed by atoms with Gasteiger partial charge in [0.2, 0.25) is 5.95 Å². The largest absolute Gasteiger partial charge is 0.469 e. The van der Waals surface area contributed by atoms with Crippen LogP contribution in [0.25, 0.3) is 0 Å². The average Bonchev–Trinajstić information content (AvgIpc) is 2.75. The number of hydrogen-bond acceptors (Lipinski definition) is 6. The third kappa shape index (κ3) is 2.55. The highest BCUT2D eigenvalue weighted by atomic mass is 35.5. The Morgan fingerprint density at radius 1 is 1.56 bits per heavy atom. The molecule has 0 spiro atoms. The minimum absolute atomic E-state index is 0.324. The van der Waals surface area contributed by atoms with E-state index >= 15 is 0 Å². The van der Waals surface area contributed by atoms with Crippen LogP contribution in [0.5, 0.6) is 0 Å². The number of halogens is 1. The molecule has 96 valence electrons. The summed E-state index contributed by atoms with van der Waals surface area (Å²) in [6.45, 7) is 2.56. The van der Waals surface area contributed by atoms with Crippen molar-refractivity contribution < 1.29 is 4.42 Å². The molecule has 6 nitrogen and oxygen atoms in total. The number of anilines is 2. The molecule has 3 N–H and O–H groups in total. The van der Waals surface area contributed by atoms with Gasteiger partial charge in [0.25, 0.3) is 0 Å². The van der Waals surface area contributed by atoms with Crippen molar-refractivity contribution >= 4 is 23.4 Å². The molecular weight excluding hydrogens is 254 g/mol. The molecule has 0 aliphatic carbocycles. The van der Waals surface area contributed by atoms with Crippen molar-refractivity contribution in [3.63, 3.8) is 0 Å². The number of nitrogen functional groups attached to an aromatic ring is 1. The van der Waals surface area contributed by atoms with Gasteiger partial charge in [0, 0.05) is 19.2 Å². The van der Waals surface area contributed by atoms with Crippen LogP contribution in [0.4, 0.5) is 11.8 Å². The van der Waals surface area contributed by atoms with Crippen LogP contribution < -0.4 is 16.2 Å². The zero-order valence-electron chi connectivity index (χ0n) is 10.1. The van der Waals surface area contributed by atoms with Gasteiger partial charge in [-0.2, -0.15) is 4.98 Å². The first-order chi connectivity index (χ1) is 8.61. The van der Waals surface area contributed by atoms with E-state index in [2.05, 4.69) is 15.4 Å². The van der Waals surface area contributed by atoms with E-state index in [1.165, 1.54) is 6.20 Å². The second-order valence-corrected chi connectivity index (χ2v) is 4.27. The Bertz CT molecular complexity index is 542. The molecule has 0 amide bonds. The lowest BCUT2D eigenvalue weighted by atomic mass is 10.2. The van der Waals surface area contributed by atoms with Gasteiger partial charge in [-0.15, -0.1) is 0 Å². The lowest BCUT2D eigenvalue weighted by Gasteiger charge is -2.19. The fourth-order valence-corrected chi connectivity index (χ4v) is 1.84. The summed E-state index contributed by atoms with van der Waals surface area (Å²) >= 11 is 6.07. The second kappa shape index (κ2) is 5.24. The zero-order chi connectivity index (χ0) is 13.1. The number of hydrogen-bond donors (Lipinski definition) is 2. The van der Waals surface area contributed by atoms with Crippen LogP contribution in [-0.2, 0) is 6.54 Å². The van der Waals surface area contributed by atoms with E-state index in [1.54, 1.807) is 6.26 Å². The van der Waals surface area contributed by atoms with Crippen molar-refractivity contribution in [3.05, 3.63) is 34.9 Å². The first-order valence-electron chi connectivity index (χ1n) is 5.35. The van der Waals surface area contributed by atoms with E-state index < -0.39 is 0 Å². The van der Waals surface area contributed by atoms with E-state index in [-0.39, 0.29) is 0 Å². The number of nitrogens with two attached hydrogens (primary N) is 1. The van der Waals surface area contributed by atoms with Gasteiger partial charge in [0.05, 0.1) is 12.5 Å². The molecule has 0 unspecified atom stereocenters. The molecule has 18 heavy (non-hydrogen) atoms. The van der Waals surface area contributed by atoms with Gasteiger partial charge in [-0.25, -0.2) is 10.8 Å². The molecule has 0 aliphatic heterocycles. The fourth-order valence-electron chi connectivity index (χ4n) is 1.60. The Kier molecular flexibility index (Phi) is 3.69. The van der Waals surface area contributed by atoms with Crippen molar-refractivity contribution in [2.24, 2.45) is 5.84 Å². The molecule has 0 fully saturated rings. The molecule has 2 rings (SSSR count). The van der Waals surface area contributed by atoms with Crippen LogP contribution in [0.2, 0.25) is 5.02 Å². The minimum atomic E-state index is 0.324. The fraction of sp³-hybridized carbons (Fsp3) is 0.273. The quantitative estimate of drug-likeness (QED) is 0.651. The Morgan fingerprint density at radius 2 is 2.33 bits per heavy atom. The summed E-state index contributed by atoms with van der Waals surface area (Å²) < 4.78 is 5.25. The van der Waals surface area contributed by atoms with Gasteiger partial charge < -0.3 is 9.32 Å². The van der Waals surface area contributed by atoms with Gasteiger partial charge in [-0.05, 0) is 13.0 Å². The first kappa shape index (κ1) is 12.7. The molecule has 0 aromatic carbocycles. The highest BCUT2D eigenvalue weighted by Gasteiger charge is 2.12. The van der Waals surface area contributed by atoms with E-state index in [0.29, 0.717) is 23.3 Å². The van der Waals surface area contributed by atoms with Gasteiger partial charge in [0.15, 0.2) is 5.82 Å². The molecule has 2 aromatic heterocycles. The molecule has 0 radical (unpaired) electrons. The predicted molar refractivity (Wildman–Crippen MR) is 70.4 cm³/mol. The maximum Gasteiger partial charge on any atom is 0.239 e. The number of nitrogens with one attached hydrogen (secondary N) is 1. The van der Waals surface area contributed by atoms with E-state index in [4.69, 9.17) is 21.9 Å². The van der Waals surface area contributed by atoms with Crippen LogP contribution in [0.3, 0.4) is 0 Å². The molecular formula is C11H14ClN5O. The molecule has 2 aromatic rings. The van der Waals surface area contributed by atoms with Crippen LogP contribution in [0, 0.1) is 6.92 Å². The summed E-state index contributed by atoms with van der Waals surface area (Å²) in [5.74, 6) is 7.09. The first-order valence-corrected chi connectivity index (χ1v) is 5.73. The smallest absolute Gasteiger partial charge is 0.239 e. The van der Waals surface area contributed by atoms with Crippen LogP contribution >= 0.6 is 11.6 Å². The summed E-state index contributed by atoms with van der Waals surface area (Å²) in [5, 5.41) is 0.470. The van der Waals surface area contributed by atoms with Crippen molar-refractivity contribution in [1.29, 1.82) is 0 Å². The van der Waals surface area contributed by atoms with E-state index in [1.807, 2.05) is 24.9 Å². The van der Waals surface area contributed by atoms with Crippen molar-refractivity contribution in [2.75, 3.05) is 17.4 Å². The summed E-state index contributed by atoms with van der Waals surface area (Å²) in [6, 6.07) is 1.92. The summed E-state index contributed by atoms with van der Waals surface area (Å²) in [6.07, 6.45) is 3.17. The SMILES string of the molecule is Cc1occc1CN(C)c1nc(NN)ncc1Cl. The highest BCUT2D eigenvalue weighted by molar-refractivity contribution is 6.32. The molecule has 2 heterocycles. The van der Waals surface area contributed by atoms with Gasteiger partial charge in [-0.1, -0.05) is 11.6 Å². The lowest BCUT2D eigenvalue weighted by molar-refractivity contribution is 0.529. The lowest BCUT2D eigenvalue weighted by Crippen LogP contribution is -2.20. The van der Waals surface area contributed by atoms with Gasteiger partial charge >= 0.3 is 0 Å². The summed E-state index contributed by atoms with van der Waals surface area (Å²) in [4.78, 5) is 10.1. The molecule has 7 heteroatoms. The number of aromatic nitrogens is 2. The van der Waals surface area contributed by atoms with Gasteiger partial charge in [-0.3, -0.25) is 5.43 Å². The highest BCUT2D eigenvalue weighted by Crippen LogP contribution is 2.24. The normalized spacial score (nSPS) is 10.4. The maximum atomic E-state index is 6.07. The monoisotopic (exact) mass is 267 g/mol. The number of furan rings is 1. The molecule has 0 bridgehead atoms. The zero-order valence-corrected chi connectivity index (χ0v) is 10.9. The van der Waals surface area contributed by atoms with Crippen molar-refractivity contribution in [2.45, 2.75) is 13.5 Å². The third-order valence-electron chi connectivity index (χ3n) is 2.59. The number of aryl methyl sites for hydroxylation is 1. The minimum Gasteiger partial charge on any atom is -0.469 e. The Labute approximate surface area is 110 Å². The topological polar surface area (TPSA) is 80.2 Å². The predicted octanol–water partition coefficient (Wildman–Crippen LogP) is 1.95. The molecule has 0 atom stereocenters. The number of nitrogens with zero attached hydrogens (tertiary/aromatic N) is 3. The number of rotatable bonds is 4. The summed E-state index contributed by atoms with van der Waals surface area (Å²) in [5.41, 5.74) is 3.47. The molecule has 0 saturated heterocycles. The third-order valence-corrected chi connectivity index (χ3v) is 2.86. The summed E-state index contributed by atoms with van der Waals surface area (Å²) in [7, 11) is 1.89. The standard InChI is InChI=1S/C11H14ClN5O/c1-7-8(3-4-18-7)6-17(2)10-9(12)5-14-11(15-10)16-13/h3-5H,6,13H2,1-2H3,(H,14,15,16). The van der Waals surface area contributed by atoms with E-state index in [9.17, 15) is 0 Å². The second-order valence-electron chi connectivity index (χ2n) is 3.87.